The minimum Gasteiger partial charge on any atom is -0.314 e. The maximum atomic E-state index is 10.9. The van der Waals surface area contributed by atoms with Gasteiger partial charge in [0.25, 0.3) is 0 Å². The highest BCUT2D eigenvalue weighted by Crippen LogP contribution is 2.19. The standard InChI is InChI=1S/C14H31N3O2S/c1-4-10-17-11-5-7-14(12-17)13(2)15-8-6-9-16-20(3,18)19/h13-16H,4-12H2,1-3H3. The van der Waals surface area contributed by atoms with E-state index in [4.69, 9.17) is 0 Å². The van der Waals surface area contributed by atoms with E-state index in [0.29, 0.717) is 12.6 Å². The van der Waals surface area contributed by atoms with Crippen molar-refractivity contribution in [3.8, 4) is 0 Å². The Kier molecular flexibility index (Phi) is 8.02. The van der Waals surface area contributed by atoms with E-state index in [0.717, 1.165) is 18.9 Å². The molecule has 0 saturated carbocycles. The fourth-order valence-electron chi connectivity index (χ4n) is 2.86. The monoisotopic (exact) mass is 305 g/mol. The lowest BCUT2D eigenvalue weighted by molar-refractivity contribution is 0.151. The highest BCUT2D eigenvalue weighted by Gasteiger charge is 2.23. The van der Waals surface area contributed by atoms with Crippen LogP contribution < -0.4 is 10.0 Å². The van der Waals surface area contributed by atoms with Crippen molar-refractivity contribution in [3.63, 3.8) is 0 Å². The Morgan fingerprint density at radius 2 is 2.10 bits per heavy atom. The second-order valence-electron chi connectivity index (χ2n) is 5.97. The van der Waals surface area contributed by atoms with E-state index in [1.807, 2.05) is 0 Å². The topological polar surface area (TPSA) is 61.4 Å². The van der Waals surface area contributed by atoms with Gasteiger partial charge in [0.05, 0.1) is 6.26 Å². The van der Waals surface area contributed by atoms with Crippen LogP contribution in [0.15, 0.2) is 0 Å². The van der Waals surface area contributed by atoms with Crippen LogP contribution in [0.4, 0.5) is 0 Å². The number of rotatable bonds is 9. The summed E-state index contributed by atoms with van der Waals surface area (Å²) in [5.41, 5.74) is 0. The van der Waals surface area contributed by atoms with Gasteiger partial charge in [-0.1, -0.05) is 6.92 Å². The van der Waals surface area contributed by atoms with Crippen LogP contribution in [0.5, 0.6) is 0 Å². The predicted octanol–water partition coefficient (Wildman–Crippen LogP) is 1.03. The van der Waals surface area contributed by atoms with Crippen LogP contribution in [0.1, 0.15) is 39.5 Å². The van der Waals surface area contributed by atoms with Gasteiger partial charge in [0.1, 0.15) is 0 Å². The number of likely N-dealkylation sites (tertiary alicyclic amines) is 1. The lowest BCUT2D eigenvalue weighted by atomic mass is 9.91. The van der Waals surface area contributed by atoms with Gasteiger partial charge in [-0.05, 0) is 58.2 Å². The molecule has 2 N–H and O–H groups in total. The van der Waals surface area contributed by atoms with E-state index < -0.39 is 10.0 Å². The van der Waals surface area contributed by atoms with Crippen LogP contribution >= 0.6 is 0 Å². The molecule has 1 aliphatic heterocycles. The van der Waals surface area contributed by atoms with Gasteiger partial charge >= 0.3 is 0 Å². The van der Waals surface area contributed by atoms with Crippen molar-refractivity contribution in [2.24, 2.45) is 5.92 Å². The Balaban J connectivity index is 2.17. The van der Waals surface area contributed by atoms with Crippen molar-refractivity contribution >= 4 is 10.0 Å². The molecule has 0 bridgehead atoms. The molecule has 0 radical (unpaired) electrons. The minimum absolute atomic E-state index is 0.507. The quantitative estimate of drug-likeness (QED) is 0.625. The van der Waals surface area contributed by atoms with Crippen molar-refractivity contribution in [3.05, 3.63) is 0 Å². The second kappa shape index (κ2) is 8.97. The molecule has 5 nitrogen and oxygen atoms in total. The Hall–Kier alpha value is -0.170. The molecule has 0 aromatic heterocycles. The fraction of sp³-hybridized carbons (Fsp3) is 1.00. The van der Waals surface area contributed by atoms with E-state index >= 15 is 0 Å². The number of hydrogen-bond donors (Lipinski definition) is 2. The number of nitrogens with zero attached hydrogens (tertiary/aromatic N) is 1. The molecule has 1 saturated heterocycles. The summed E-state index contributed by atoms with van der Waals surface area (Å²) in [6, 6.07) is 0.507. The van der Waals surface area contributed by atoms with Gasteiger partial charge in [-0.15, -0.1) is 0 Å². The lowest BCUT2D eigenvalue weighted by Gasteiger charge is -2.36. The summed E-state index contributed by atoms with van der Waals surface area (Å²) >= 11 is 0. The SMILES string of the molecule is CCCN1CCCC(C(C)NCCCNS(C)(=O)=O)C1. The average Bonchev–Trinajstić information content (AvgIpc) is 2.37. The first-order valence-electron chi connectivity index (χ1n) is 7.82. The number of piperidine rings is 1. The third-order valence-corrected chi connectivity index (χ3v) is 4.70. The van der Waals surface area contributed by atoms with Crippen molar-refractivity contribution in [1.29, 1.82) is 0 Å². The molecule has 1 fully saturated rings. The summed E-state index contributed by atoms with van der Waals surface area (Å²) in [4.78, 5) is 2.57. The maximum Gasteiger partial charge on any atom is 0.208 e. The molecule has 1 heterocycles. The molecule has 6 heteroatoms. The highest BCUT2D eigenvalue weighted by molar-refractivity contribution is 7.88. The second-order valence-corrected chi connectivity index (χ2v) is 7.80. The zero-order valence-electron chi connectivity index (χ0n) is 13.2. The molecule has 20 heavy (non-hydrogen) atoms. The summed E-state index contributed by atoms with van der Waals surface area (Å²) in [6.07, 6.45) is 5.87. The Bertz CT molecular complexity index is 357. The van der Waals surface area contributed by atoms with Gasteiger partial charge in [0.15, 0.2) is 0 Å². The minimum atomic E-state index is -3.04. The third kappa shape index (κ3) is 7.57. The number of sulfonamides is 1. The summed E-state index contributed by atoms with van der Waals surface area (Å²) in [6.45, 7) is 9.53. The van der Waals surface area contributed by atoms with E-state index in [1.54, 1.807) is 0 Å². The molecule has 1 aliphatic rings. The van der Waals surface area contributed by atoms with Crippen LogP contribution in [0.25, 0.3) is 0 Å². The molecule has 0 aromatic rings. The van der Waals surface area contributed by atoms with Gasteiger partial charge in [-0.3, -0.25) is 0 Å². The first-order chi connectivity index (χ1) is 9.42. The van der Waals surface area contributed by atoms with Crippen LogP contribution in [0.2, 0.25) is 0 Å². The van der Waals surface area contributed by atoms with Gasteiger partial charge in [0, 0.05) is 19.1 Å². The van der Waals surface area contributed by atoms with Crippen molar-refractivity contribution in [2.75, 3.05) is 39.0 Å². The molecule has 2 atom stereocenters. The highest BCUT2D eigenvalue weighted by atomic mass is 32.2. The van der Waals surface area contributed by atoms with Gasteiger partial charge in [-0.2, -0.15) is 0 Å². The van der Waals surface area contributed by atoms with Crippen LogP contribution in [0.3, 0.4) is 0 Å². The van der Waals surface area contributed by atoms with Crippen LogP contribution in [-0.2, 0) is 10.0 Å². The summed E-state index contributed by atoms with van der Waals surface area (Å²) in [7, 11) is -3.04. The zero-order chi connectivity index (χ0) is 15.0. The van der Waals surface area contributed by atoms with E-state index in [1.165, 1.54) is 45.2 Å². The molecular formula is C14H31N3O2S. The molecule has 0 aliphatic carbocycles. The van der Waals surface area contributed by atoms with Crippen molar-refractivity contribution in [2.45, 2.75) is 45.6 Å². The first kappa shape index (κ1) is 17.9. The molecular weight excluding hydrogens is 274 g/mol. The smallest absolute Gasteiger partial charge is 0.208 e. The Labute approximate surface area is 124 Å². The molecule has 1 rings (SSSR count). The molecule has 120 valence electrons. The van der Waals surface area contributed by atoms with Crippen LogP contribution in [-0.4, -0.2) is 58.3 Å². The molecule has 2 unspecified atom stereocenters. The molecule has 0 spiro atoms. The maximum absolute atomic E-state index is 10.9. The third-order valence-electron chi connectivity index (χ3n) is 3.97. The Morgan fingerprint density at radius 1 is 1.35 bits per heavy atom. The number of nitrogens with one attached hydrogen (secondary N) is 2. The van der Waals surface area contributed by atoms with Crippen molar-refractivity contribution < 1.29 is 8.42 Å². The largest absolute Gasteiger partial charge is 0.314 e. The fourth-order valence-corrected chi connectivity index (χ4v) is 3.38. The van der Waals surface area contributed by atoms with Gasteiger partial charge in [-0.25, -0.2) is 13.1 Å². The van der Waals surface area contributed by atoms with Crippen molar-refractivity contribution in [1.82, 2.24) is 14.9 Å². The average molecular weight is 305 g/mol. The van der Waals surface area contributed by atoms with Crippen LogP contribution in [0, 0.1) is 5.92 Å². The summed E-state index contributed by atoms with van der Waals surface area (Å²) in [5, 5.41) is 3.54. The predicted molar refractivity (Wildman–Crippen MR) is 84.4 cm³/mol. The number of hydrogen-bond acceptors (Lipinski definition) is 4. The van der Waals surface area contributed by atoms with Gasteiger partial charge < -0.3 is 10.2 Å². The van der Waals surface area contributed by atoms with E-state index in [-0.39, 0.29) is 0 Å². The van der Waals surface area contributed by atoms with Gasteiger partial charge in [0.2, 0.25) is 10.0 Å². The molecule has 0 aromatic carbocycles. The zero-order valence-corrected chi connectivity index (χ0v) is 14.0. The Morgan fingerprint density at radius 3 is 2.75 bits per heavy atom. The lowest BCUT2D eigenvalue weighted by Crippen LogP contribution is -2.45. The normalized spacial score (nSPS) is 22.9. The summed E-state index contributed by atoms with van der Waals surface area (Å²) < 4.78 is 24.4. The van der Waals surface area contributed by atoms with E-state index in [9.17, 15) is 8.42 Å². The summed E-state index contributed by atoms with van der Waals surface area (Å²) in [5.74, 6) is 0.721. The van der Waals surface area contributed by atoms with E-state index in [2.05, 4.69) is 28.8 Å². The first-order valence-corrected chi connectivity index (χ1v) is 9.72. The molecule has 0 amide bonds.